The van der Waals surface area contributed by atoms with E-state index in [0.29, 0.717) is 0 Å². The summed E-state index contributed by atoms with van der Waals surface area (Å²) in [5.74, 6) is 1.70. The molecule has 0 radical (unpaired) electrons. The van der Waals surface area contributed by atoms with Crippen LogP contribution in [0.5, 0.6) is 11.5 Å². The molecule has 0 bridgehead atoms. The van der Waals surface area contributed by atoms with Gasteiger partial charge < -0.3 is 9.47 Å². The summed E-state index contributed by atoms with van der Waals surface area (Å²) in [6.07, 6.45) is 0. The third-order valence-electron chi connectivity index (χ3n) is 8.62. The Labute approximate surface area is 245 Å². The molecule has 0 saturated carbocycles. The second-order valence-electron chi connectivity index (χ2n) is 10.8. The van der Waals surface area contributed by atoms with Gasteiger partial charge in [-0.25, -0.2) is 0 Å². The van der Waals surface area contributed by atoms with Crippen molar-refractivity contribution in [2.75, 3.05) is 14.2 Å². The summed E-state index contributed by atoms with van der Waals surface area (Å²) in [7, 11) is 3.43. The van der Waals surface area contributed by atoms with Crippen LogP contribution in [0, 0.1) is 0 Å². The summed E-state index contributed by atoms with van der Waals surface area (Å²) in [5, 5.41) is 5.04. The molecule has 0 spiro atoms. The Hall–Kier alpha value is -5.34. The first kappa shape index (κ1) is 24.5. The van der Waals surface area contributed by atoms with Gasteiger partial charge in [0, 0.05) is 0 Å². The van der Waals surface area contributed by atoms with Crippen molar-refractivity contribution >= 4 is 21.5 Å². The van der Waals surface area contributed by atoms with Crippen LogP contribution in [0.3, 0.4) is 0 Å². The molecule has 0 atom stereocenters. The normalized spacial score (nSPS) is 11.6. The predicted molar refractivity (Wildman–Crippen MR) is 175 cm³/mol. The fraction of sp³-hybridized carbons (Fsp3) is 0.0500. The number of rotatable bonds is 5. The van der Waals surface area contributed by atoms with E-state index in [-0.39, 0.29) is 0 Å². The van der Waals surface area contributed by atoms with E-state index in [0.717, 1.165) is 11.5 Å². The average molecular weight is 541 g/mol. The molecule has 0 fully saturated rings. The highest BCUT2D eigenvalue weighted by Gasteiger charge is 2.30. The van der Waals surface area contributed by atoms with Crippen molar-refractivity contribution in [1.82, 2.24) is 0 Å². The number of benzene rings is 7. The minimum Gasteiger partial charge on any atom is -0.497 e. The molecule has 7 aromatic rings. The van der Waals surface area contributed by atoms with E-state index in [1.54, 1.807) is 14.2 Å². The first-order valence-corrected chi connectivity index (χ1v) is 14.3. The van der Waals surface area contributed by atoms with Crippen LogP contribution < -0.4 is 9.47 Å². The van der Waals surface area contributed by atoms with Crippen molar-refractivity contribution in [3.05, 3.63) is 133 Å². The second-order valence-corrected chi connectivity index (χ2v) is 10.8. The first-order chi connectivity index (χ1) is 20.7. The Morgan fingerprint density at radius 3 is 1.45 bits per heavy atom. The van der Waals surface area contributed by atoms with E-state index in [4.69, 9.17) is 9.47 Å². The zero-order valence-corrected chi connectivity index (χ0v) is 23.5. The third kappa shape index (κ3) is 3.65. The molecular formula is C40H28O2. The Bertz CT molecular complexity index is 2120. The zero-order chi connectivity index (χ0) is 28.2. The number of hydrogen-bond donors (Lipinski definition) is 0. The quantitative estimate of drug-likeness (QED) is 0.216. The molecule has 0 unspecified atom stereocenters. The van der Waals surface area contributed by atoms with Gasteiger partial charge >= 0.3 is 0 Å². The van der Waals surface area contributed by atoms with E-state index in [9.17, 15) is 0 Å². The molecule has 0 aromatic heterocycles. The van der Waals surface area contributed by atoms with Gasteiger partial charge in [0.2, 0.25) is 0 Å². The molecule has 0 N–H and O–H groups in total. The van der Waals surface area contributed by atoms with Crippen molar-refractivity contribution in [2.45, 2.75) is 0 Å². The standard InChI is InChI=1S/C40H28O2/c1-41-30-19-14-27(15-20-30)37-32-23-18-29(25-8-4-3-5-9-25)24-35(32)38(28-16-21-31(42-2)22-17-28)40-34-13-7-11-26-10-6-12-33(36(26)34)39(37)40/h3-24H,1-2H3. The minimum atomic E-state index is 0.852. The van der Waals surface area contributed by atoms with Gasteiger partial charge in [-0.3, -0.25) is 0 Å². The van der Waals surface area contributed by atoms with Crippen molar-refractivity contribution < 1.29 is 9.47 Å². The lowest BCUT2D eigenvalue weighted by molar-refractivity contribution is 0.415. The lowest BCUT2D eigenvalue weighted by atomic mass is 9.81. The van der Waals surface area contributed by atoms with Crippen LogP contribution in [-0.4, -0.2) is 14.2 Å². The van der Waals surface area contributed by atoms with Crippen molar-refractivity contribution in [3.8, 4) is 67.1 Å². The van der Waals surface area contributed by atoms with Gasteiger partial charge in [0.05, 0.1) is 14.2 Å². The second kappa shape index (κ2) is 9.64. The molecule has 42 heavy (non-hydrogen) atoms. The maximum Gasteiger partial charge on any atom is 0.118 e. The largest absolute Gasteiger partial charge is 0.497 e. The molecule has 8 rings (SSSR count). The SMILES string of the molecule is COc1ccc(-c2c3c(c(-c4ccc(OC)cc4)c4cc(-c5ccccc5)ccc24)-c2cccc4cccc-3c24)cc1. The Morgan fingerprint density at radius 1 is 0.381 bits per heavy atom. The summed E-state index contributed by atoms with van der Waals surface area (Å²) >= 11 is 0. The van der Waals surface area contributed by atoms with E-state index in [1.807, 2.05) is 0 Å². The molecule has 7 aromatic carbocycles. The molecule has 2 nitrogen and oxygen atoms in total. The molecule has 1 aliphatic rings. The third-order valence-corrected chi connectivity index (χ3v) is 8.62. The topological polar surface area (TPSA) is 18.5 Å². The summed E-state index contributed by atoms with van der Waals surface area (Å²) in [6.45, 7) is 0. The van der Waals surface area contributed by atoms with Crippen LogP contribution in [0.4, 0.5) is 0 Å². The number of ether oxygens (including phenoxy) is 2. The highest BCUT2D eigenvalue weighted by Crippen LogP contribution is 2.58. The Kier molecular flexibility index (Phi) is 5.61. The van der Waals surface area contributed by atoms with E-state index in [1.165, 1.54) is 77.2 Å². The minimum absolute atomic E-state index is 0.852. The number of methoxy groups -OCH3 is 2. The van der Waals surface area contributed by atoms with Gasteiger partial charge in [0.15, 0.2) is 0 Å². The van der Waals surface area contributed by atoms with Crippen LogP contribution in [-0.2, 0) is 0 Å². The van der Waals surface area contributed by atoms with Gasteiger partial charge in [-0.05, 0) is 108 Å². The molecular weight excluding hydrogens is 512 g/mol. The number of hydrogen-bond acceptors (Lipinski definition) is 2. The first-order valence-electron chi connectivity index (χ1n) is 14.3. The van der Waals surface area contributed by atoms with Gasteiger partial charge in [0.25, 0.3) is 0 Å². The molecule has 2 heteroatoms. The highest BCUT2D eigenvalue weighted by molar-refractivity contribution is 6.27. The van der Waals surface area contributed by atoms with E-state index in [2.05, 4.69) is 133 Å². The smallest absolute Gasteiger partial charge is 0.118 e. The van der Waals surface area contributed by atoms with Crippen LogP contribution in [0.25, 0.3) is 77.2 Å². The predicted octanol–water partition coefficient (Wildman–Crippen LogP) is 10.7. The molecule has 0 saturated heterocycles. The van der Waals surface area contributed by atoms with E-state index < -0.39 is 0 Å². The molecule has 1 aliphatic carbocycles. The summed E-state index contributed by atoms with van der Waals surface area (Å²) in [4.78, 5) is 0. The summed E-state index contributed by atoms with van der Waals surface area (Å²) in [6, 6.07) is 48.0. The lowest BCUT2D eigenvalue weighted by Gasteiger charge is -2.21. The van der Waals surface area contributed by atoms with E-state index >= 15 is 0 Å². The Balaban J connectivity index is 1.57. The molecule has 200 valence electrons. The van der Waals surface area contributed by atoms with Crippen LogP contribution in [0.2, 0.25) is 0 Å². The van der Waals surface area contributed by atoms with Crippen molar-refractivity contribution in [1.29, 1.82) is 0 Å². The van der Waals surface area contributed by atoms with Gasteiger partial charge in [-0.15, -0.1) is 0 Å². The Morgan fingerprint density at radius 2 is 0.905 bits per heavy atom. The summed E-state index contributed by atoms with van der Waals surface area (Å²) < 4.78 is 11.1. The van der Waals surface area contributed by atoms with Crippen LogP contribution in [0.15, 0.2) is 133 Å². The van der Waals surface area contributed by atoms with Crippen LogP contribution >= 0.6 is 0 Å². The maximum absolute atomic E-state index is 5.55. The zero-order valence-electron chi connectivity index (χ0n) is 23.5. The average Bonchev–Trinajstić information content (AvgIpc) is 3.39. The van der Waals surface area contributed by atoms with Crippen molar-refractivity contribution in [3.63, 3.8) is 0 Å². The highest BCUT2D eigenvalue weighted by atomic mass is 16.5. The lowest BCUT2D eigenvalue weighted by Crippen LogP contribution is -1.95. The maximum atomic E-state index is 5.55. The summed E-state index contributed by atoms with van der Waals surface area (Å²) in [5.41, 5.74) is 12.4. The fourth-order valence-electron chi connectivity index (χ4n) is 6.71. The van der Waals surface area contributed by atoms with Gasteiger partial charge in [-0.1, -0.05) is 103 Å². The number of fused-ring (bicyclic) bond motifs is 4. The van der Waals surface area contributed by atoms with Gasteiger partial charge in [-0.2, -0.15) is 0 Å². The molecule has 0 heterocycles. The monoisotopic (exact) mass is 540 g/mol. The fourth-order valence-corrected chi connectivity index (χ4v) is 6.71. The molecule has 0 amide bonds. The van der Waals surface area contributed by atoms with Crippen molar-refractivity contribution in [2.24, 2.45) is 0 Å². The molecule has 0 aliphatic heterocycles. The van der Waals surface area contributed by atoms with Gasteiger partial charge in [0.1, 0.15) is 11.5 Å². The van der Waals surface area contributed by atoms with Crippen LogP contribution in [0.1, 0.15) is 0 Å².